The quantitative estimate of drug-likeness (QED) is 0.552. The molecule has 2 nitrogen and oxygen atoms in total. The molecule has 2 atom stereocenters. The number of rotatable bonds is 2. The summed E-state index contributed by atoms with van der Waals surface area (Å²) in [4.78, 5) is 0. The molecule has 3 heteroatoms. The standard InChI is InChI=1S/C6H12O2S/c7-6(4-9)5-1-2-8-3-5/h5-7,9H,1-4H2. The Kier molecular flexibility index (Phi) is 2.82. The minimum absolute atomic E-state index is 0.268. The Balaban J connectivity index is 2.24. The average Bonchev–Trinajstić information content (AvgIpc) is 2.37. The molecule has 0 saturated carbocycles. The maximum absolute atomic E-state index is 9.20. The predicted octanol–water partition coefficient (Wildman–Crippen LogP) is 0.314. The molecule has 1 aliphatic rings. The van der Waals surface area contributed by atoms with Crippen LogP contribution in [0.2, 0.25) is 0 Å². The first-order valence-corrected chi connectivity index (χ1v) is 3.84. The largest absolute Gasteiger partial charge is 0.392 e. The topological polar surface area (TPSA) is 29.5 Å². The van der Waals surface area contributed by atoms with Gasteiger partial charge in [-0.1, -0.05) is 0 Å². The van der Waals surface area contributed by atoms with Crippen LogP contribution in [0.25, 0.3) is 0 Å². The molecule has 0 spiro atoms. The number of thiol groups is 1. The predicted molar refractivity (Wildman–Crippen MR) is 38.8 cm³/mol. The summed E-state index contributed by atoms with van der Waals surface area (Å²) in [6, 6.07) is 0. The van der Waals surface area contributed by atoms with Crippen molar-refractivity contribution in [3.05, 3.63) is 0 Å². The Morgan fingerprint density at radius 3 is 3.00 bits per heavy atom. The highest BCUT2D eigenvalue weighted by atomic mass is 32.1. The Labute approximate surface area is 60.6 Å². The molecule has 1 fully saturated rings. The summed E-state index contributed by atoms with van der Waals surface area (Å²) in [5, 5.41) is 9.20. The van der Waals surface area contributed by atoms with Gasteiger partial charge in [-0.25, -0.2) is 0 Å². The first-order valence-electron chi connectivity index (χ1n) is 3.21. The molecule has 54 valence electrons. The fourth-order valence-corrected chi connectivity index (χ4v) is 1.30. The van der Waals surface area contributed by atoms with Crippen molar-refractivity contribution >= 4 is 12.6 Å². The van der Waals surface area contributed by atoms with Gasteiger partial charge in [0, 0.05) is 18.3 Å². The fraction of sp³-hybridized carbons (Fsp3) is 1.00. The van der Waals surface area contributed by atoms with Crippen molar-refractivity contribution in [2.24, 2.45) is 5.92 Å². The van der Waals surface area contributed by atoms with Crippen LogP contribution in [-0.4, -0.2) is 30.2 Å². The SMILES string of the molecule is OC(CS)C1CCOC1. The molecule has 1 N–H and O–H groups in total. The van der Waals surface area contributed by atoms with Crippen LogP contribution in [0.4, 0.5) is 0 Å². The maximum atomic E-state index is 9.20. The van der Waals surface area contributed by atoms with Crippen LogP contribution in [0.5, 0.6) is 0 Å². The monoisotopic (exact) mass is 148 g/mol. The molecular formula is C6H12O2S. The van der Waals surface area contributed by atoms with E-state index in [-0.39, 0.29) is 6.10 Å². The van der Waals surface area contributed by atoms with Crippen molar-refractivity contribution < 1.29 is 9.84 Å². The van der Waals surface area contributed by atoms with Crippen molar-refractivity contribution in [3.8, 4) is 0 Å². The molecule has 1 rings (SSSR count). The zero-order valence-electron chi connectivity index (χ0n) is 5.29. The highest BCUT2D eigenvalue weighted by Gasteiger charge is 2.22. The van der Waals surface area contributed by atoms with Crippen LogP contribution in [0.15, 0.2) is 0 Å². The molecule has 1 aliphatic heterocycles. The minimum Gasteiger partial charge on any atom is -0.392 e. The lowest BCUT2D eigenvalue weighted by Crippen LogP contribution is -2.21. The van der Waals surface area contributed by atoms with Crippen LogP contribution < -0.4 is 0 Å². The summed E-state index contributed by atoms with van der Waals surface area (Å²) in [6.07, 6.45) is 0.720. The lowest BCUT2D eigenvalue weighted by molar-refractivity contribution is 0.109. The van der Waals surface area contributed by atoms with Crippen LogP contribution in [-0.2, 0) is 4.74 Å². The molecule has 0 aromatic rings. The molecule has 0 aromatic carbocycles. The summed E-state index contributed by atoms with van der Waals surface area (Å²) in [7, 11) is 0. The summed E-state index contributed by atoms with van der Waals surface area (Å²) in [5.41, 5.74) is 0. The third-order valence-corrected chi connectivity index (χ3v) is 2.07. The van der Waals surface area contributed by atoms with Gasteiger partial charge in [0.25, 0.3) is 0 Å². The van der Waals surface area contributed by atoms with E-state index in [1.54, 1.807) is 0 Å². The highest BCUT2D eigenvalue weighted by molar-refractivity contribution is 7.80. The molecule has 0 radical (unpaired) electrons. The van der Waals surface area contributed by atoms with Gasteiger partial charge < -0.3 is 9.84 Å². The summed E-state index contributed by atoms with van der Waals surface area (Å²) < 4.78 is 5.09. The first kappa shape index (κ1) is 7.38. The van der Waals surface area contributed by atoms with Crippen LogP contribution in [0, 0.1) is 5.92 Å². The van der Waals surface area contributed by atoms with Gasteiger partial charge in [-0.15, -0.1) is 0 Å². The molecule has 0 aromatic heterocycles. The molecule has 0 bridgehead atoms. The van der Waals surface area contributed by atoms with E-state index in [0.717, 1.165) is 13.0 Å². The zero-order valence-corrected chi connectivity index (χ0v) is 6.18. The van der Waals surface area contributed by atoms with Crippen molar-refractivity contribution in [3.63, 3.8) is 0 Å². The van der Waals surface area contributed by atoms with Gasteiger partial charge in [0.05, 0.1) is 12.7 Å². The Morgan fingerprint density at radius 1 is 1.78 bits per heavy atom. The second-order valence-corrected chi connectivity index (χ2v) is 2.74. The van der Waals surface area contributed by atoms with E-state index in [0.29, 0.717) is 18.3 Å². The molecular weight excluding hydrogens is 136 g/mol. The molecule has 1 heterocycles. The van der Waals surface area contributed by atoms with Gasteiger partial charge in [-0.3, -0.25) is 0 Å². The number of hydrogen-bond donors (Lipinski definition) is 2. The van der Waals surface area contributed by atoms with Crippen molar-refractivity contribution in [2.45, 2.75) is 12.5 Å². The molecule has 9 heavy (non-hydrogen) atoms. The number of hydrogen-bond acceptors (Lipinski definition) is 3. The van der Waals surface area contributed by atoms with Gasteiger partial charge in [0.2, 0.25) is 0 Å². The normalized spacial score (nSPS) is 30.7. The van der Waals surface area contributed by atoms with Crippen LogP contribution in [0.3, 0.4) is 0 Å². The minimum atomic E-state index is -0.268. The summed E-state index contributed by atoms with van der Waals surface area (Å²) >= 11 is 3.99. The number of ether oxygens (including phenoxy) is 1. The number of aliphatic hydroxyl groups excluding tert-OH is 1. The van der Waals surface area contributed by atoms with Gasteiger partial charge >= 0.3 is 0 Å². The molecule has 0 amide bonds. The van der Waals surface area contributed by atoms with E-state index in [1.807, 2.05) is 0 Å². The number of aliphatic hydroxyl groups is 1. The molecule has 0 aliphatic carbocycles. The lowest BCUT2D eigenvalue weighted by Gasteiger charge is -2.12. The fourth-order valence-electron chi connectivity index (χ4n) is 1.01. The van der Waals surface area contributed by atoms with E-state index in [4.69, 9.17) is 4.74 Å². The summed E-state index contributed by atoms with van der Waals surface area (Å²) in [6.45, 7) is 1.51. The van der Waals surface area contributed by atoms with E-state index in [2.05, 4.69) is 12.6 Å². The summed E-state index contributed by atoms with van der Waals surface area (Å²) in [5.74, 6) is 0.885. The van der Waals surface area contributed by atoms with E-state index < -0.39 is 0 Å². The Morgan fingerprint density at radius 2 is 2.56 bits per heavy atom. The van der Waals surface area contributed by atoms with E-state index in [9.17, 15) is 5.11 Å². The maximum Gasteiger partial charge on any atom is 0.0679 e. The highest BCUT2D eigenvalue weighted by Crippen LogP contribution is 2.16. The third kappa shape index (κ3) is 1.85. The lowest BCUT2D eigenvalue weighted by atomic mass is 10.0. The first-order chi connectivity index (χ1) is 4.34. The molecule has 2 unspecified atom stereocenters. The van der Waals surface area contributed by atoms with Crippen molar-refractivity contribution in [2.75, 3.05) is 19.0 Å². The molecule has 1 saturated heterocycles. The van der Waals surface area contributed by atoms with Crippen molar-refractivity contribution in [1.29, 1.82) is 0 Å². The van der Waals surface area contributed by atoms with Crippen LogP contribution >= 0.6 is 12.6 Å². The Bertz CT molecular complexity index is 81.1. The second-order valence-electron chi connectivity index (χ2n) is 2.37. The van der Waals surface area contributed by atoms with Gasteiger partial charge in [0.1, 0.15) is 0 Å². The van der Waals surface area contributed by atoms with Gasteiger partial charge in [-0.05, 0) is 6.42 Å². The Hall–Kier alpha value is 0.270. The second kappa shape index (κ2) is 3.44. The van der Waals surface area contributed by atoms with Gasteiger partial charge in [0.15, 0.2) is 0 Å². The third-order valence-electron chi connectivity index (χ3n) is 1.70. The van der Waals surface area contributed by atoms with E-state index in [1.165, 1.54) is 0 Å². The average molecular weight is 148 g/mol. The van der Waals surface area contributed by atoms with Gasteiger partial charge in [-0.2, -0.15) is 12.6 Å². The zero-order chi connectivity index (χ0) is 6.69. The smallest absolute Gasteiger partial charge is 0.0679 e. The van der Waals surface area contributed by atoms with Crippen LogP contribution in [0.1, 0.15) is 6.42 Å². The van der Waals surface area contributed by atoms with Crippen molar-refractivity contribution in [1.82, 2.24) is 0 Å². The van der Waals surface area contributed by atoms with E-state index >= 15 is 0 Å².